The largest absolute Gasteiger partial charge is 0.357 e. The first-order valence-electron chi connectivity index (χ1n) is 8.67. The Balaban J connectivity index is 1.62. The van der Waals surface area contributed by atoms with Crippen LogP contribution in [0.2, 0.25) is 0 Å². The summed E-state index contributed by atoms with van der Waals surface area (Å²) >= 11 is 0. The number of hydrogen-bond donors (Lipinski definition) is 1. The second-order valence-corrected chi connectivity index (χ2v) is 6.78. The summed E-state index contributed by atoms with van der Waals surface area (Å²) < 4.78 is 0. The van der Waals surface area contributed by atoms with Crippen LogP contribution in [0, 0.1) is 6.92 Å². The average Bonchev–Trinajstić information content (AvgIpc) is 2.99. The number of para-hydroxylation sites is 1. The van der Waals surface area contributed by atoms with Crippen LogP contribution in [-0.2, 0) is 6.54 Å². The Kier molecular flexibility index (Phi) is 3.92. The smallest absolute Gasteiger partial charge is 0.0502 e. The number of benzene rings is 2. The van der Waals surface area contributed by atoms with Crippen LogP contribution in [0.3, 0.4) is 0 Å². The molecule has 1 unspecified atom stereocenters. The molecule has 0 bridgehead atoms. The molecule has 0 spiro atoms. The minimum atomic E-state index is 0.511. The molecule has 2 heterocycles. The van der Waals surface area contributed by atoms with Gasteiger partial charge in [0.1, 0.15) is 0 Å². The maximum Gasteiger partial charge on any atom is 0.0502 e. The second kappa shape index (κ2) is 6.21. The molecule has 0 aliphatic carbocycles. The van der Waals surface area contributed by atoms with Gasteiger partial charge < -0.3 is 4.98 Å². The lowest BCUT2D eigenvalue weighted by molar-refractivity contribution is 0.138. The Labute approximate surface area is 138 Å². The average molecular weight is 304 g/mol. The minimum absolute atomic E-state index is 0.511. The number of nitrogens with one attached hydrogen (secondary N) is 1. The standard InChI is InChI=1S/C21H24N2/c1-16-7-6-8-17(13-16)15-23-12-5-4-11-21(23)20-14-18-9-2-3-10-19(18)22-20/h2-3,6-10,13-14,21-22H,4-5,11-12,15H2,1H3. The molecule has 4 rings (SSSR count). The molecule has 0 amide bonds. The monoisotopic (exact) mass is 304 g/mol. The maximum absolute atomic E-state index is 3.65. The number of H-pyrrole nitrogens is 1. The molecule has 1 atom stereocenters. The number of aromatic nitrogens is 1. The van der Waals surface area contributed by atoms with Crippen molar-refractivity contribution < 1.29 is 0 Å². The molecule has 2 nitrogen and oxygen atoms in total. The van der Waals surface area contributed by atoms with Crippen LogP contribution in [0.1, 0.15) is 42.1 Å². The molecular weight excluding hydrogens is 280 g/mol. The fourth-order valence-electron chi connectivity index (χ4n) is 3.85. The summed E-state index contributed by atoms with van der Waals surface area (Å²) in [4.78, 5) is 6.29. The topological polar surface area (TPSA) is 19.0 Å². The van der Waals surface area contributed by atoms with Gasteiger partial charge in [0.15, 0.2) is 0 Å². The Morgan fingerprint density at radius 3 is 2.83 bits per heavy atom. The number of rotatable bonds is 3. The van der Waals surface area contributed by atoms with Gasteiger partial charge in [-0.05, 0) is 49.4 Å². The minimum Gasteiger partial charge on any atom is -0.357 e. The highest BCUT2D eigenvalue weighted by Crippen LogP contribution is 2.33. The Morgan fingerprint density at radius 1 is 1.04 bits per heavy atom. The second-order valence-electron chi connectivity index (χ2n) is 6.78. The third-order valence-corrected chi connectivity index (χ3v) is 4.99. The number of aromatic amines is 1. The van der Waals surface area contributed by atoms with Gasteiger partial charge in [-0.1, -0.05) is 54.4 Å². The van der Waals surface area contributed by atoms with Crippen molar-refractivity contribution in [2.24, 2.45) is 0 Å². The molecule has 118 valence electrons. The molecule has 23 heavy (non-hydrogen) atoms. The number of likely N-dealkylation sites (tertiary alicyclic amines) is 1. The van der Waals surface area contributed by atoms with E-state index in [2.05, 4.69) is 71.4 Å². The van der Waals surface area contributed by atoms with Crippen molar-refractivity contribution in [3.8, 4) is 0 Å². The Bertz CT molecular complexity index is 769. The molecule has 1 aliphatic rings. The van der Waals surface area contributed by atoms with Crippen molar-refractivity contribution in [2.45, 2.75) is 38.8 Å². The van der Waals surface area contributed by atoms with E-state index in [1.807, 2.05) is 0 Å². The SMILES string of the molecule is Cc1cccc(CN2CCCCC2c2cc3ccccc3[nH]2)c1. The molecule has 1 N–H and O–H groups in total. The first-order valence-corrected chi connectivity index (χ1v) is 8.67. The molecule has 1 saturated heterocycles. The van der Waals surface area contributed by atoms with Gasteiger partial charge in [0.05, 0.1) is 6.04 Å². The number of nitrogens with zero attached hydrogens (tertiary/aromatic N) is 1. The van der Waals surface area contributed by atoms with E-state index in [1.165, 1.54) is 53.5 Å². The van der Waals surface area contributed by atoms with Crippen LogP contribution in [-0.4, -0.2) is 16.4 Å². The van der Waals surface area contributed by atoms with E-state index in [9.17, 15) is 0 Å². The number of fused-ring (bicyclic) bond motifs is 1. The highest BCUT2D eigenvalue weighted by molar-refractivity contribution is 5.80. The molecule has 1 aliphatic heterocycles. The molecule has 2 heteroatoms. The third kappa shape index (κ3) is 3.04. The van der Waals surface area contributed by atoms with Gasteiger partial charge in [0.2, 0.25) is 0 Å². The first kappa shape index (κ1) is 14.5. The summed E-state index contributed by atoms with van der Waals surface area (Å²) in [5, 5.41) is 1.32. The Hall–Kier alpha value is -2.06. The van der Waals surface area contributed by atoms with Gasteiger partial charge in [0, 0.05) is 17.8 Å². The summed E-state index contributed by atoms with van der Waals surface area (Å²) in [7, 11) is 0. The lowest BCUT2D eigenvalue weighted by Crippen LogP contribution is -2.33. The quantitative estimate of drug-likeness (QED) is 0.704. The lowest BCUT2D eigenvalue weighted by atomic mass is 9.98. The van der Waals surface area contributed by atoms with Gasteiger partial charge in [-0.15, -0.1) is 0 Å². The van der Waals surface area contributed by atoms with E-state index < -0.39 is 0 Å². The van der Waals surface area contributed by atoms with Crippen molar-refractivity contribution in [1.29, 1.82) is 0 Å². The number of hydrogen-bond acceptors (Lipinski definition) is 1. The van der Waals surface area contributed by atoms with Crippen LogP contribution in [0.4, 0.5) is 0 Å². The van der Waals surface area contributed by atoms with Crippen LogP contribution >= 0.6 is 0 Å². The van der Waals surface area contributed by atoms with Crippen molar-refractivity contribution in [3.63, 3.8) is 0 Å². The third-order valence-electron chi connectivity index (χ3n) is 4.99. The predicted molar refractivity (Wildman–Crippen MR) is 96.5 cm³/mol. The molecular formula is C21H24N2. The van der Waals surface area contributed by atoms with E-state index in [0.29, 0.717) is 6.04 Å². The van der Waals surface area contributed by atoms with Crippen LogP contribution in [0.25, 0.3) is 10.9 Å². The van der Waals surface area contributed by atoms with Crippen molar-refractivity contribution in [3.05, 3.63) is 71.4 Å². The number of piperidine rings is 1. The highest BCUT2D eigenvalue weighted by Gasteiger charge is 2.25. The zero-order chi connectivity index (χ0) is 15.6. The van der Waals surface area contributed by atoms with Gasteiger partial charge in [-0.2, -0.15) is 0 Å². The van der Waals surface area contributed by atoms with Crippen LogP contribution in [0.5, 0.6) is 0 Å². The maximum atomic E-state index is 3.65. The zero-order valence-electron chi connectivity index (χ0n) is 13.8. The fraction of sp³-hybridized carbons (Fsp3) is 0.333. The highest BCUT2D eigenvalue weighted by atomic mass is 15.2. The number of aryl methyl sites for hydroxylation is 1. The van der Waals surface area contributed by atoms with Crippen LogP contribution < -0.4 is 0 Å². The van der Waals surface area contributed by atoms with E-state index in [4.69, 9.17) is 0 Å². The Morgan fingerprint density at radius 2 is 1.96 bits per heavy atom. The first-order chi connectivity index (χ1) is 11.3. The van der Waals surface area contributed by atoms with Gasteiger partial charge in [-0.25, -0.2) is 0 Å². The van der Waals surface area contributed by atoms with E-state index in [-0.39, 0.29) is 0 Å². The summed E-state index contributed by atoms with van der Waals surface area (Å²) in [5.41, 5.74) is 5.40. The fourth-order valence-corrected chi connectivity index (χ4v) is 3.85. The molecule has 1 aromatic heterocycles. The molecule has 2 aromatic carbocycles. The van der Waals surface area contributed by atoms with Crippen molar-refractivity contribution in [1.82, 2.24) is 9.88 Å². The molecule has 0 saturated carbocycles. The summed E-state index contributed by atoms with van der Waals surface area (Å²) in [6.45, 7) is 4.41. The summed E-state index contributed by atoms with van der Waals surface area (Å²) in [6.07, 6.45) is 3.88. The van der Waals surface area contributed by atoms with Crippen molar-refractivity contribution >= 4 is 10.9 Å². The van der Waals surface area contributed by atoms with Gasteiger partial charge in [0.25, 0.3) is 0 Å². The van der Waals surface area contributed by atoms with Crippen LogP contribution in [0.15, 0.2) is 54.6 Å². The van der Waals surface area contributed by atoms with E-state index in [0.717, 1.165) is 6.54 Å². The lowest BCUT2D eigenvalue weighted by Gasteiger charge is -2.35. The van der Waals surface area contributed by atoms with Crippen molar-refractivity contribution in [2.75, 3.05) is 6.54 Å². The van der Waals surface area contributed by atoms with E-state index >= 15 is 0 Å². The van der Waals surface area contributed by atoms with E-state index in [1.54, 1.807) is 0 Å². The normalized spacial score (nSPS) is 19.3. The molecule has 1 fully saturated rings. The predicted octanol–water partition coefficient (Wildman–Crippen LogP) is 5.20. The van der Waals surface area contributed by atoms with Gasteiger partial charge >= 0.3 is 0 Å². The van der Waals surface area contributed by atoms with Gasteiger partial charge in [-0.3, -0.25) is 4.90 Å². The molecule has 3 aromatic rings. The summed E-state index contributed by atoms with van der Waals surface area (Å²) in [6, 6.07) is 20.4. The molecule has 0 radical (unpaired) electrons. The zero-order valence-corrected chi connectivity index (χ0v) is 13.8. The summed E-state index contributed by atoms with van der Waals surface area (Å²) in [5.74, 6) is 0.